The van der Waals surface area contributed by atoms with Crippen LogP contribution in [0.3, 0.4) is 0 Å². The molecule has 0 bridgehead atoms. The number of aliphatic hydroxyl groups is 1. The molecule has 6 heteroatoms. The van der Waals surface area contributed by atoms with Crippen molar-refractivity contribution in [3.05, 3.63) is 23.9 Å². The van der Waals surface area contributed by atoms with E-state index in [9.17, 15) is 13.5 Å². The molecule has 0 spiro atoms. The minimum absolute atomic E-state index is 0.142. The van der Waals surface area contributed by atoms with Crippen LogP contribution >= 0.6 is 0 Å². The molecule has 2 N–H and O–H groups in total. The van der Waals surface area contributed by atoms with Gasteiger partial charge in [0.05, 0.1) is 18.1 Å². The minimum atomic E-state index is -3.35. The second-order valence-electron chi connectivity index (χ2n) is 5.94. The summed E-state index contributed by atoms with van der Waals surface area (Å²) < 4.78 is 24.5. The maximum atomic E-state index is 11.1. The van der Waals surface area contributed by atoms with Gasteiger partial charge in [0, 0.05) is 0 Å². The van der Waals surface area contributed by atoms with E-state index in [1.807, 2.05) is 0 Å². The molecule has 0 aliphatic heterocycles. The van der Waals surface area contributed by atoms with Gasteiger partial charge in [-0.15, -0.1) is 0 Å². The molecule has 0 aromatic carbocycles. The van der Waals surface area contributed by atoms with Crippen LogP contribution < -0.4 is 4.72 Å². The van der Waals surface area contributed by atoms with Crippen LogP contribution in [0.1, 0.15) is 45.4 Å². The maximum absolute atomic E-state index is 11.1. The van der Waals surface area contributed by atoms with Crippen LogP contribution in [-0.4, -0.2) is 24.8 Å². The fourth-order valence-electron chi connectivity index (χ4n) is 1.60. The Morgan fingerprint density at radius 1 is 1.37 bits per heavy atom. The van der Waals surface area contributed by atoms with Crippen LogP contribution in [0.25, 0.3) is 0 Å². The molecule has 5 nitrogen and oxygen atoms in total. The third kappa shape index (κ3) is 6.54. The smallest absolute Gasteiger partial charge is 0.230 e. The quantitative estimate of drug-likeness (QED) is 0.870. The van der Waals surface area contributed by atoms with Gasteiger partial charge in [-0.25, -0.2) is 13.4 Å². The summed E-state index contributed by atoms with van der Waals surface area (Å²) in [7, 11) is -3.35. The molecule has 0 radical (unpaired) electrons. The van der Waals surface area contributed by atoms with Crippen LogP contribution in [0.5, 0.6) is 0 Å². The van der Waals surface area contributed by atoms with Crippen molar-refractivity contribution in [2.24, 2.45) is 5.41 Å². The fourth-order valence-corrected chi connectivity index (χ4v) is 2.10. The topological polar surface area (TPSA) is 79.3 Å². The molecule has 1 aromatic rings. The normalized spacial score (nSPS) is 14.2. The number of aliphatic hydroxyl groups excluding tert-OH is 1. The van der Waals surface area contributed by atoms with E-state index in [1.54, 1.807) is 18.2 Å². The Hall–Kier alpha value is -1.14. The van der Waals surface area contributed by atoms with E-state index < -0.39 is 16.1 Å². The zero-order valence-corrected chi connectivity index (χ0v) is 12.7. The lowest BCUT2D eigenvalue weighted by molar-refractivity contribution is 0.143. The summed E-state index contributed by atoms with van der Waals surface area (Å²) in [5, 5.41) is 10.1. The summed E-state index contributed by atoms with van der Waals surface area (Å²) in [6, 6.07) is 4.93. The van der Waals surface area contributed by atoms with Crippen LogP contribution in [0.2, 0.25) is 0 Å². The monoisotopic (exact) mass is 286 g/mol. The highest BCUT2D eigenvalue weighted by Crippen LogP contribution is 2.26. The molecule has 1 rings (SSSR count). The molecular formula is C13H22N2O3S. The summed E-state index contributed by atoms with van der Waals surface area (Å²) in [5.74, 6) is 0.231. The Morgan fingerprint density at radius 3 is 2.53 bits per heavy atom. The molecule has 1 heterocycles. The Kier molecular flexibility index (Phi) is 4.92. The van der Waals surface area contributed by atoms with E-state index in [2.05, 4.69) is 30.5 Å². The molecule has 0 aliphatic rings. The Bertz CT molecular complexity index is 521. The van der Waals surface area contributed by atoms with Gasteiger partial charge in [0.1, 0.15) is 5.82 Å². The van der Waals surface area contributed by atoms with Crippen molar-refractivity contribution in [3.63, 3.8) is 0 Å². The van der Waals surface area contributed by atoms with Gasteiger partial charge in [-0.3, -0.25) is 4.72 Å². The second kappa shape index (κ2) is 5.88. The maximum Gasteiger partial charge on any atom is 0.230 e. The first-order valence-corrected chi connectivity index (χ1v) is 8.09. The number of anilines is 1. The minimum Gasteiger partial charge on any atom is -0.387 e. The van der Waals surface area contributed by atoms with Crippen molar-refractivity contribution >= 4 is 15.8 Å². The van der Waals surface area contributed by atoms with Crippen molar-refractivity contribution in [2.75, 3.05) is 11.0 Å². The van der Waals surface area contributed by atoms with E-state index >= 15 is 0 Å². The highest BCUT2D eigenvalue weighted by Gasteiger charge is 2.16. The summed E-state index contributed by atoms with van der Waals surface area (Å²) in [6.45, 7) is 6.32. The number of hydrogen-bond acceptors (Lipinski definition) is 4. The molecule has 0 unspecified atom stereocenters. The lowest BCUT2D eigenvalue weighted by atomic mass is 9.89. The largest absolute Gasteiger partial charge is 0.387 e. The third-order valence-electron chi connectivity index (χ3n) is 2.57. The first-order chi connectivity index (χ1) is 8.57. The number of rotatable bonds is 5. The molecular weight excluding hydrogens is 264 g/mol. The van der Waals surface area contributed by atoms with Crippen molar-refractivity contribution in [1.29, 1.82) is 0 Å². The molecule has 1 atom stereocenters. The van der Waals surface area contributed by atoms with Gasteiger partial charge < -0.3 is 5.11 Å². The predicted octanol–water partition coefficient (Wildman–Crippen LogP) is 2.31. The van der Waals surface area contributed by atoms with E-state index in [4.69, 9.17) is 0 Å². The Morgan fingerprint density at radius 2 is 2.00 bits per heavy atom. The van der Waals surface area contributed by atoms with Crippen molar-refractivity contribution in [3.8, 4) is 0 Å². The van der Waals surface area contributed by atoms with Gasteiger partial charge in [0.15, 0.2) is 0 Å². The second-order valence-corrected chi connectivity index (χ2v) is 7.69. The van der Waals surface area contributed by atoms with E-state index in [-0.39, 0.29) is 11.2 Å². The van der Waals surface area contributed by atoms with Gasteiger partial charge in [0.25, 0.3) is 0 Å². The zero-order chi connectivity index (χ0) is 14.7. The molecule has 1 aromatic heterocycles. The first-order valence-electron chi connectivity index (χ1n) is 6.20. The average molecular weight is 286 g/mol. The van der Waals surface area contributed by atoms with E-state index in [0.717, 1.165) is 12.7 Å². The summed E-state index contributed by atoms with van der Waals surface area (Å²) in [4.78, 5) is 4.12. The van der Waals surface area contributed by atoms with Crippen LogP contribution in [-0.2, 0) is 10.0 Å². The van der Waals surface area contributed by atoms with Crippen molar-refractivity contribution in [1.82, 2.24) is 4.98 Å². The van der Waals surface area contributed by atoms with Gasteiger partial charge in [-0.1, -0.05) is 26.8 Å². The lowest BCUT2D eigenvalue weighted by Gasteiger charge is -2.20. The van der Waals surface area contributed by atoms with Crippen LogP contribution in [0.15, 0.2) is 18.2 Å². The van der Waals surface area contributed by atoms with Gasteiger partial charge >= 0.3 is 0 Å². The van der Waals surface area contributed by atoms with Crippen LogP contribution in [0, 0.1) is 5.41 Å². The SMILES string of the molecule is CC(C)(C)CC[C@H](O)c1cccc(NS(C)(=O)=O)n1. The number of sulfonamides is 1. The fraction of sp³-hybridized carbons (Fsp3) is 0.615. The molecule has 0 amide bonds. The average Bonchev–Trinajstić information content (AvgIpc) is 2.23. The Balaban J connectivity index is 2.76. The van der Waals surface area contributed by atoms with E-state index in [1.165, 1.54) is 0 Å². The van der Waals surface area contributed by atoms with Crippen molar-refractivity contribution < 1.29 is 13.5 Å². The number of aromatic nitrogens is 1. The van der Waals surface area contributed by atoms with Gasteiger partial charge in [-0.2, -0.15) is 0 Å². The highest BCUT2D eigenvalue weighted by atomic mass is 32.2. The molecule has 0 fully saturated rings. The van der Waals surface area contributed by atoms with Gasteiger partial charge in [-0.05, 0) is 30.4 Å². The third-order valence-corrected chi connectivity index (χ3v) is 3.15. The molecule has 19 heavy (non-hydrogen) atoms. The summed E-state index contributed by atoms with van der Waals surface area (Å²) in [5.41, 5.74) is 0.627. The number of pyridine rings is 1. The van der Waals surface area contributed by atoms with Crippen LogP contribution in [0.4, 0.5) is 5.82 Å². The number of hydrogen-bond donors (Lipinski definition) is 2. The number of nitrogens with one attached hydrogen (secondary N) is 1. The van der Waals surface area contributed by atoms with E-state index in [0.29, 0.717) is 12.1 Å². The van der Waals surface area contributed by atoms with Gasteiger partial charge in [0.2, 0.25) is 10.0 Å². The summed E-state index contributed by atoms with van der Waals surface area (Å²) >= 11 is 0. The van der Waals surface area contributed by atoms with Crippen molar-refractivity contribution in [2.45, 2.75) is 39.7 Å². The number of nitrogens with zero attached hydrogens (tertiary/aromatic N) is 1. The highest BCUT2D eigenvalue weighted by molar-refractivity contribution is 7.92. The first kappa shape index (κ1) is 15.9. The summed E-state index contributed by atoms with van der Waals surface area (Å²) in [6.07, 6.45) is 1.84. The predicted molar refractivity (Wildman–Crippen MR) is 76.4 cm³/mol. The molecule has 0 saturated carbocycles. The standard InChI is InChI=1S/C13H22N2O3S/c1-13(2,3)9-8-11(16)10-6-5-7-12(14-10)15-19(4,17)18/h5-7,11,16H,8-9H2,1-4H3,(H,14,15)/t11-/m0/s1. The lowest BCUT2D eigenvalue weighted by Crippen LogP contribution is -2.13. The zero-order valence-electron chi connectivity index (χ0n) is 11.8. The molecule has 108 valence electrons. The Labute approximate surface area is 115 Å². The molecule has 0 saturated heterocycles. The molecule has 0 aliphatic carbocycles.